The average molecular weight is 345 g/mol. The minimum atomic E-state index is -3.91. The molecule has 108 valence electrons. The first-order chi connectivity index (χ1) is 8.21. The predicted molar refractivity (Wildman–Crippen MR) is 69.1 cm³/mol. The van der Waals surface area contributed by atoms with Crippen molar-refractivity contribution in [3.8, 4) is 0 Å². The van der Waals surface area contributed by atoms with Crippen LogP contribution >= 0.6 is 42.4 Å². The Morgan fingerprint density at radius 2 is 1.78 bits per heavy atom. The predicted octanol–water partition coefficient (Wildman–Crippen LogP) is 3.03. The van der Waals surface area contributed by atoms with Crippen molar-refractivity contribution in [2.45, 2.75) is 23.4 Å². The third-order valence-electron chi connectivity index (χ3n) is 1.66. The van der Waals surface area contributed by atoms with Crippen LogP contribution in [0.1, 0.15) is 13.8 Å². The van der Waals surface area contributed by atoms with Gasteiger partial charge in [0.25, 0.3) is 5.91 Å². The van der Waals surface area contributed by atoms with E-state index in [4.69, 9.17) is 43.9 Å². The van der Waals surface area contributed by atoms with Crippen molar-refractivity contribution >= 4 is 48.3 Å². The number of nitrogens with one attached hydrogen (secondary N) is 1. The summed E-state index contributed by atoms with van der Waals surface area (Å²) in [6, 6.07) is 0. The lowest BCUT2D eigenvalue weighted by atomic mass is 10.6. The Labute approximate surface area is 120 Å². The molecule has 1 amide bonds. The summed E-state index contributed by atoms with van der Waals surface area (Å²) in [6.45, 7) is 1.80. The van der Waals surface area contributed by atoms with E-state index in [1.807, 2.05) is 5.32 Å². The topological polar surface area (TPSA) is 64.6 Å². The molecule has 0 heterocycles. The second-order valence-corrected chi connectivity index (χ2v) is 7.50. The molecule has 0 rings (SSSR count). The molecule has 0 radical (unpaired) electrons. The Morgan fingerprint density at radius 3 is 2.06 bits per heavy atom. The lowest BCUT2D eigenvalue weighted by Gasteiger charge is -2.31. The van der Waals surface area contributed by atoms with Gasteiger partial charge in [-0.15, -0.1) is 0 Å². The lowest BCUT2D eigenvalue weighted by Crippen LogP contribution is -2.45. The van der Waals surface area contributed by atoms with Crippen LogP contribution in [0.25, 0.3) is 0 Å². The maximum atomic E-state index is 12.4. The average Bonchev–Trinajstić information content (AvgIpc) is 2.24. The standard InChI is InChI=1S/C8H14Cl3FNO4P/c1-3-16-18(15,17-4-2)7(8(9,10)11)13-6(14)5-12/h7H,3-5H2,1-2H3,(H,13,14)/t7-/m1/s1. The highest BCUT2D eigenvalue weighted by atomic mass is 35.6. The van der Waals surface area contributed by atoms with E-state index in [1.54, 1.807) is 13.8 Å². The molecule has 0 aromatic rings. The first kappa shape index (κ1) is 18.4. The third-order valence-corrected chi connectivity index (χ3v) is 5.16. The number of hydrogen-bond donors (Lipinski definition) is 1. The minimum Gasteiger partial charge on any atom is -0.336 e. The lowest BCUT2D eigenvalue weighted by molar-refractivity contribution is -0.122. The van der Waals surface area contributed by atoms with Crippen molar-refractivity contribution in [2.24, 2.45) is 0 Å². The highest BCUT2D eigenvalue weighted by Gasteiger charge is 2.49. The van der Waals surface area contributed by atoms with Crippen LogP contribution in [0, 0.1) is 0 Å². The Balaban J connectivity index is 5.24. The van der Waals surface area contributed by atoms with Gasteiger partial charge >= 0.3 is 7.60 Å². The summed E-state index contributed by atoms with van der Waals surface area (Å²) in [5.41, 5.74) is 0. The van der Waals surface area contributed by atoms with Gasteiger partial charge in [0.1, 0.15) is 0 Å². The molecule has 0 aliphatic rings. The van der Waals surface area contributed by atoms with E-state index in [0.717, 1.165) is 0 Å². The van der Waals surface area contributed by atoms with Gasteiger partial charge in [-0.05, 0) is 13.8 Å². The fourth-order valence-electron chi connectivity index (χ4n) is 1.08. The van der Waals surface area contributed by atoms with Crippen molar-refractivity contribution in [1.29, 1.82) is 0 Å². The van der Waals surface area contributed by atoms with Crippen LogP contribution < -0.4 is 5.32 Å². The third kappa shape index (κ3) is 5.59. The van der Waals surface area contributed by atoms with Crippen molar-refractivity contribution in [2.75, 3.05) is 19.9 Å². The second-order valence-electron chi connectivity index (χ2n) is 3.02. The number of alkyl halides is 4. The maximum absolute atomic E-state index is 12.4. The number of carbonyl (C=O) groups is 1. The molecule has 0 unspecified atom stereocenters. The molecule has 1 atom stereocenters. The van der Waals surface area contributed by atoms with E-state index < -0.39 is 29.8 Å². The highest BCUT2D eigenvalue weighted by molar-refractivity contribution is 7.55. The van der Waals surface area contributed by atoms with Gasteiger partial charge < -0.3 is 14.4 Å². The van der Waals surface area contributed by atoms with Crippen LogP contribution in [-0.4, -0.2) is 35.4 Å². The SMILES string of the molecule is CCOP(=O)(OCC)[C@@H](NC(=O)CF)C(Cl)(Cl)Cl. The smallest absolute Gasteiger partial charge is 0.336 e. The van der Waals surface area contributed by atoms with Crippen molar-refractivity contribution in [1.82, 2.24) is 5.32 Å². The van der Waals surface area contributed by atoms with Crippen LogP contribution in [0.2, 0.25) is 0 Å². The van der Waals surface area contributed by atoms with Crippen molar-refractivity contribution in [3.63, 3.8) is 0 Å². The normalized spacial score (nSPS) is 14.3. The van der Waals surface area contributed by atoms with E-state index in [-0.39, 0.29) is 13.2 Å². The van der Waals surface area contributed by atoms with Gasteiger partial charge in [0, 0.05) is 0 Å². The molecule has 0 aliphatic carbocycles. The van der Waals surface area contributed by atoms with Gasteiger partial charge in [-0.1, -0.05) is 34.8 Å². The number of carbonyl (C=O) groups excluding carboxylic acids is 1. The molecule has 10 heteroatoms. The van der Waals surface area contributed by atoms with Crippen LogP contribution in [-0.2, 0) is 18.4 Å². The maximum Gasteiger partial charge on any atom is 0.357 e. The fourth-order valence-corrected chi connectivity index (χ4v) is 4.07. The molecular formula is C8H14Cl3FNO4P. The van der Waals surface area contributed by atoms with Crippen LogP contribution in [0.3, 0.4) is 0 Å². The molecule has 0 bridgehead atoms. The van der Waals surface area contributed by atoms with Gasteiger partial charge in [0.15, 0.2) is 12.5 Å². The van der Waals surface area contributed by atoms with Gasteiger partial charge in [0.2, 0.25) is 3.79 Å². The molecule has 0 aliphatic heterocycles. The zero-order valence-electron chi connectivity index (χ0n) is 9.79. The van der Waals surface area contributed by atoms with Gasteiger partial charge in [0.05, 0.1) is 13.2 Å². The molecule has 0 saturated heterocycles. The summed E-state index contributed by atoms with van der Waals surface area (Å²) >= 11 is 16.9. The summed E-state index contributed by atoms with van der Waals surface area (Å²) in [4.78, 5) is 11.0. The Bertz CT molecular complexity index is 316. The van der Waals surface area contributed by atoms with E-state index >= 15 is 0 Å². The molecule has 0 aromatic carbocycles. The molecule has 0 saturated carbocycles. The van der Waals surface area contributed by atoms with Crippen LogP contribution in [0.5, 0.6) is 0 Å². The largest absolute Gasteiger partial charge is 0.357 e. The molecule has 0 aromatic heterocycles. The molecular weight excluding hydrogens is 330 g/mol. The molecule has 5 nitrogen and oxygen atoms in total. The zero-order chi connectivity index (χ0) is 14.4. The van der Waals surface area contributed by atoms with Crippen LogP contribution in [0.15, 0.2) is 0 Å². The number of halogens is 4. The minimum absolute atomic E-state index is 0.0139. The molecule has 1 N–H and O–H groups in total. The van der Waals surface area contributed by atoms with Crippen LogP contribution in [0.4, 0.5) is 4.39 Å². The number of rotatable bonds is 7. The molecule has 0 spiro atoms. The van der Waals surface area contributed by atoms with E-state index in [1.165, 1.54) is 0 Å². The Morgan fingerprint density at radius 1 is 1.33 bits per heavy atom. The first-order valence-electron chi connectivity index (χ1n) is 5.02. The summed E-state index contributed by atoms with van der Waals surface area (Å²) in [6.07, 6.45) is 0. The summed E-state index contributed by atoms with van der Waals surface area (Å²) in [5.74, 6) is -2.66. The van der Waals surface area contributed by atoms with Gasteiger partial charge in [-0.2, -0.15) is 0 Å². The number of amides is 1. The van der Waals surface area contributed by atoms with E-state index in [2.05, 4.69) is 0 Å². The first-order valence-corrected chi connectivity index (χ1v) is 7.76. The fraction of sp³-hybridized carbons (Fsp3) is 0.875. The quantitative estimate of drug-likeness (QED) is 0.569. The van der Waals surface area contributed by atoms with Gasteiger partial charge in [-0.3, -0.25) is 9.36 Å². The summed E-state index contributed by atoms with van der Waals surface area (Å²) in [7, 11) is -3.91. The number of hydrogen-bond acceptors (Lipinski definition) is 4. The molecule has 0 fully saturated rings. The monoisotopic (exact) mass is 343 g/mol. The highest BCUT2D eigenvalue weighted by Crippen LogP contribution is 2.58. The van der Waals surface area contributed by atoms with E-state index in [0.29, 0.717) is 0 Å². The van der Waals surface area contributed by atoms with Gasteiger partial charge in [-0.25, -0.2) is 4.39 Å². The second kappa shape index (κ2) is 7.88. The van der Waals surface area contributed by atoms with Crippen molar-refractivity contribution in [3.05, 3.63) is 0 Å². The Kier molecular flexibility index (Phi) is 8.06. The molecule has 18 heavy (non-hydrogen) atoms. The zero-order valence-corrected chi connectivity index (χ0v) is 13.0. The van der Waals surface area contributed by atoms with Crippen molar-refractivity contribution < 1.29 is 22.8 Å². The Hall–Kier alpha value is 0.420. The summed E-state index contributed by atoms with van der Waals surface area (Å²) in [5, 5.41) is 1.99. The van der Waals surface area contributed by atoms with E-state index in [9.17, 15) is 13.8 Å². The summed E-state index contributed by atoms with van der Waals surface area (Å²) < 4.78 is 32.3.